The molecule has 7 nitrogen and oxygen atoms in total. The molecule has 0 N–H and O–H groups in total. The molecule has 0 aromatic carbocycles. The highest BCUT2D eigenvalue weighted by molar-refractivity contribution is 5.94. The Kier molecular flexibility index (Phi) is 4.64. The van der Waals surface area contributed by atoms with E-state index in [-0.39, 0.29) is 11.5 Å². The number of carbonyl (C=O) groups is 1. The molecule has 1 saturated carbocycles. The van der Waals surface area contributed by atoms with Crippen LogP contribution in [0.4, 0.5) is 4.39 Å². The molecule has 1 aliphatic heterocycles. The Hall–Kier alpha value is -3.03. The first kappa shape index (κ1) is 19.0. The number of amides is 1. The van der Waals surface area contributed by atoms with Crippen molar-refractivity contribution in [2.24, 2.45) is 5.92 Å². The van der Waals surface area contributed by atoms with Gasteiger partial charge in [-0.2, -0.15) is 5.10 Å². The zero-order valence-corrected chi connectivity index (χ0v) is 17.3. The summed E-state index contributed by atoms with van der Waals surface area (Å²) in [5.41, 5.74) is 4.19. The predicted octanol–water partition coefficient (Wildman–Crippen LogP) is 3.22. The van der Waals surface area contributed by atoms with Crippen LogP contribution in [0.25, 0.3) is 11.5 Å². The second-order valence-electron chi connectivity index (χ2n) is 8.20. The maximum atomic E-state index is 14.1. The van der Waals surface area contributed by atoms with Gasteiger partial charge in [0.1, 0.15) is 5.69 Å². The lowest BCUT2D eigenvalue weighted by Crippen LogP contribution is -2.37. The molecule has 3 aromatic heterocycles. The Morgan fingerprint density at radius 2 is 2.13 bits per heavy atom. The molecule has 0 radical (unpaired) electrons. The number of imidazole rings is 1. The van der Waals surface area contributed by atoms with Crippen molar-refractivity contribution in [2.75, 3.05) is 6.54 Å². The SMILES string of the molecule is CCn1nc(-c2ncc(C)n2CC2CC2)c2c1CCN(C(=O)c1ccncc1F)C2. The summed E-state index contributed by atoms with van der Waals surface area (Å²) in [6.45, 7) is 6.80. The highest BCUT2D eigenvalue weighted by Crippen LogP contribution is 2.35. The highest BCUT2D eigenvalue weighted by Gasteiger charge is 2.32. The molecule has 1 fully saturated rings. The van der Waals surface area contributed by atoms with Gasteiger partial charge in [-0.1, -0.05) is 0 Å². The molecule has 0 atom stereocenters. The first-order chi connectivity index (χ1) is 14.6. The van der Waals surface area contributed by atoms with E-state index in [4.69, 9.17) is 5.10 Å². The van der Waals surface area contributed by atoms with Gasteiger partial charge in [-0.3, -0.25) is 14.5 Å². The Balaban J connectivity index is 1.52. The van der Waals surface area contributed by atoms with Gasteiger partial charge in [0.05, 0.1) is 18.3 Å². The Labute approximate surface area is 174 Å². The van der Waals surface area contributed by atoms with Crippen LogP contribution >= 0.6 is 0 Å². The molecule has 2 aliphatic rings. The van der Waals surface area contributed by atoms with Gasteiger partial charge in [0, 0.05) is 55.4 Å². The smallest absolute Gasteiger partial charge is 0.257 e. The second-order valence-corrected chi connectivity index (χ2v) is 8.20. The van der Waals surface area contributed by atoms with E-state index in [1.807, 2.05) is 10.9 Å². The summed E-state index contributed by atoms with van der Waals surface area (Å²) >= 11 is 0. The summed E-state index contributed by atoms with van der Waals surface area (Å²) in [6, 6.07) is 1.44. The number of aryl methyl sites for hydroxylation is 2. The molecule has 3 aromatic rings. The van der Waals surface area contributed by atoms with E-state index in [2.05, 4.69) is 28.4 Å². The topological polar surface area (TPSA) is 68.8 Å². The normalized spacial score (nSPS) is 16.0. The lowest BCUT2D eigenvalue weighted by Gasteiger charge is -2.28. The third-order valence-electron chi connectivity index (χ3n) is 6.13. The summed E-state index contributed by atoms with van der Waals surface area (Å²) in [4.78, 5) is 23.1. The number of fused-ring (bicyclic) bond motifs is 1. The van der Waals surface area contributed by atoms with Crippen LogP contribution in [0.2, 0.25) is 0 Å². The van der Waals surface area contributed by atoms with E-state index >= 15 is 0 Å². The average molecular weight is 408 g/mol. The van der Waals surface area contributed by atoms with Gasteiger partial charge in [-0.05, 0) is 38.7 Å². The number of pyridine rings is 1. The zero-order valence-electron chi connectivity index (χ0n) is 17.3. The van der Waals surface area contributed by atoms with Gasteiger partial charge in [-0.25, -0.2) is 9.37 Å². The lowest BCUT2D eigenvalue weighted by molar-refractivity contribution is 0.0728. The quantitative estimate of drug-likeness (QED) is 0.650. The second kappa shape index (κ2) is 7.34. The van der Waals surface area contributed by atoms with Crippen LogP contribution in [0.1, 0.15) is 47.1 Å². The van der Waals surface area contributed by atoms with Crippen molar-refractivity contribution < 1.29 is 9.18 Å². The number of carbonyl (C=O) groups excluding carboxylic acids is 1. The van der Waals surface area contributed by atoms with Gasteiger partial charge in [0.25, 0.3) is 5.91 Å². The minimum atomic E-state index is -0.589. The summed E-state index contributed by atoms with van der Waals surface area (Å²) in [7, 11) is 0. The molecule has 1 amide bonds. The lowest BCUT2D eigenvalue weighted by atomic mass is 10.0. The highest BCUT2D eigenvalue weighted by atomic mass is 19.1. The fraction of sp³-hybridized carbons (Fsp3) is 0.455. The molecular formula is C22H25FN6O. The van der Waals surface area contributed by atoms with Crippen LogP contribution in [-0.2, 0) is 26.1 Å². The van der Waals surface area contributed by atoms with Crippen molar-refractivity contribution in [1.29, 1.82) is 0 Å². The standard InChI is InChI=1S/C22H25FN6O/c1-3-29-19-7-9-27(22(30)16-6-8-24-11-18(16)23)13-17(19)20(26-29)21-25-10-14(2)28(21)12-15-4-5-15/h6,8,10-11,15H,3-5,7,9,12-13H2,1-2H3. The molecule has 0 unspecified atom stereocenters. The Morgan fingerprint density at radius 1 is 1.30 bits per heavy atom. The number of aromatic nitrogens is 5. The monoisotopic (exact) mass is 408 g/mol. The third kappa shape index (κ3) is 3.20. The molecule has 0 bridgehead atoms. The van der Waals surface area contributed by atoms with E-state index in [1.165, 1.54) is 25.1 Å². The van der Waals surface area contributed by atoms with Crippen molar-refractivity contribution in [3.8, 4) is 11.5 Å². The van der Waals surface area contributed by atoms with Gasteiger partial charge in [0.2, 0.25) is 0 Å². The van der Waals surface area contributed by atoms with E-state index < -0.39 is 5.82 Å². The Morgan fingerprint density at radius 3 is 2.87 bits per heavy atom. The first-order valence-corrected chi connectivity index (χ1v) is 10.6. The van der Waals surface area contributed by atoms with E-state index in [0.29, 0.717) is 25.4 Å². The minimum absolute atomic E-state index is 0.0592. The predicted molar refractivity (Wildman–Crippen MR) is 109 cm³/mol. The fourth-order valence-electron chi connectivity index (χ4n) is 4.26. The summed E-state index contributed by atoms with van der Waals surface area (Å²) in [5.74, 6) is 0.683. The maximum Gasteiger partial charge on any atom is 0.257 e. The molecular weight excluding hydrogens is 383 g/mol. The fourth-order valence-corrected chi connectivity index (χ4v) is 4.26. The van der Waals surface area contributed by atoms with Crippen molar-refractivity contribution in [3.63, 3.8) is 0 Å². The van der Waals surface area contributed by atoms with Crippen molar-refractivity contribution in [1.82, 2.24) is 29.2 Å². The van der Waals surface area contributed by atoms with Crippen LogP contribution in [0.5, 0.6) is 0 Å². The zero-order chi connectivity index (χ0) is 20.8. The van der Waals surface area contributed by atoms with E-state index in [0.717, 1.165) is 47.8 Å². The molecule has 4 heterocycles. The van der Waals surface area contributed by atoms with Crippen molar-refractivity contribution >= 4 is 5.91 Å². The molecule has 156 valence electrons. The van der Waals surface area contributed by atoms with Gasteiger partial charge in [-0.15, -0.1) is 0 Å². The maximum absolute atomic E-state index is 14.1. The van der Waals surface area contributed by atoms with Crippen LogP contribution < -0.4 is 0 Å². The van der Waals surface area contributed by atoms with Gasteiger partial charge in [0.15, 0.2) is 11.6 Å². The molecule has 8 heteroatoms. The van der Waals surface area contributed by atoms with Crippen LogP contribution in [0, 0.1) is 18.7 Å². The van der Waals surface area contributed by atoms with Gasteiger partial charge >= 0.3 is 0 Å². The number of nitrogens with zero attached hydrogens (tertiary/aromatic N) is 6. The molecule has 5 rings (SSSR count). The van der Waals surface area contributed by atoms with Crippen molar-refractivity contribution in [3.05, 3.63) is 53.0 Å². The molecule has 30 heavy (non-hydrogen) atoms. The summed E-state index contributed by atoms with van der Waals surface area (Å²) in [6.07, 6.45) is 7.64. The number of hydrogen-bond acceptors (Lipinski definition) is 4. The average Bonchev–Trinajstić information content (AvgIpc) is 3.41. The number of hydrogen-bond donors (Lipinski definition) is 0. The summed E-state index contributed by atoms with van der Waals surface area (Å²) in [5, 5.41) is 4.88. The first-order valence-electron chi connectivity index (χ1n) is 10.6. The van der Waals surface area contributed by atoms with Crippen LogP contribution in [-0.4, -0.2) is 41.7 Å². The number of rotatable bonds is 5. The molecule has 0 spiro atoms. The molecule has 0 saturated heterocycles. The molecule has 1 aliphatic carbocycles. The third-order valence-corrected chi connectivity index (χ3v) is 6.13. The minimum Gasteiger partial charge on any atom is -0.334 e. The van der Waals surface area contributed by atoms with Crippen LogP contribution in [0.3, 0.4) is 0 Å². The van der Waals surface area contributed by atoms with E-state index in [1.54, 1.807) is 4.90 Å². The van der Waals surface area contributed by atoms with E-state index in [9.17, 15) is 9.18 Å². The van der Waals surface area contributed by atoms with Crippen molar-refractivity contribution in [2.45, 2.75) is 52.7 Å². The summed E-state index contributed by atoms with van der Waals surface area (Å²) < 4.78 is 18.4. The Bertz CT molecular complexity index is 1110. The largest absolute Gasteiger partial charge is 0.334 e. The van der Waals surface area contributed by atoms with Crippen LogP contribution in [0.15, 0.2) is 24.7 Å². The van der Waals surface area contributed by atoms with Gasteiger partial charge < -0.3 is 9.47 Å². The number of halogens is 1.